The molecule has 1 amide bonds. The summed E-state index contributed by atoms with van der Waals surface area (Å²) in [5, 5.41) is 3.40. The summed E-state index contributed by atoms with van der Waals surface area (Å²) in [6.07, 6.45) is 4.69. The standard InChI is InChI=1S/C14H25N3O.ClH/c1-16-7-2-8-17(10-9-16)13(18)12-11-14(12)3-5-15-6-4-14;/h12,15H,2-11H2,1H3;1H. The summed E-state index contributed by atoms with van der Waals surface area (Å²) in [6, 6.07) is 0. The van der Waals surface area contributed by atoms with Crippen LogP contribution in [0, 0.1) is 11.3 Å². The molecule has 1 unspecified atom stereocenters. The molecule has 1 saturated carbocycles. The summed E-state index contributed by atoms with van der Waals surface area (Å²) >= 11 is 0. The maximum absolute atomic E-state index is 12.6. The number of halogens is 1. The molecule has 0 aromatic carbocycles. The van der Waals surface area contributed by atoms with E-state index in [2.05, 4.69) is 22.2 Å². The number of likely N-dealkylation sites (N-methyl/N-ethyl adjacent to an activating group) is 1. The summed E-state index contributed by atoms with van der Waals surface area (Å²) in [4.78, 5) is 17.0. The van der Waals surface area contributed by atoms with Crippen molar-refractivity contribution in [3.8, 4) is 0 Å². The Morgan fingerprint density at radius 3 is 2.63 bits per heavy atom. The first-order chi connectivity index (χ1) is 8.71. The molecule has 3 fully saturated rings. The highest BCUT2D eigenvalue weighted by Gasteiger charge is 2.58. The number of carbonyl (C=O) groups is 1. The maximum atomic E-state index is 12.6. The van der Waals surface area contributed by atoms with Gasteiger partial charge in [-0.1, -0.05) is 0 Å². The molecular weight excluding hydrogens is 262 g/mol. The van der Waals surface area contributed by atoms with E-state index >= 15 is 0 Å². The molecule has 0 radical (unpaired) electrons. The second kappa shape index (κ2) is 5.98. The number of piperidine rings is 1. The normalized spacial score (nSPS) is 30.6. The fourth-order valence-corrected chi connectivity index (χ4v) is 3.66. The van der Waals surface area contributed by atoms with Crippen LogP contribution >= 0.6 is 12.4 Å². The number of hydrogen-bond acceptors (Lipinski definition) is 3. The highest BCUT2D eigenvalue weighted by atomic mass is 35.5. The zero-order chi connectivity index (χ0) is 12.6. The van der Waals surface area contributed by atoms with Crippen LogP contribution in [-0.4, -0.2) is 62.0 Å². The molecule has 19 heavy (non-hydrogen) atoms. The van der Waals surface area contributed by atoms with E-state index in [9.17, 15) is 4.79 Å². The Kier molecular flexibility index (Phi) is 4.75. The van der Waals surface area contributed by atoms with Crippen molar-refractivity contribution in [2.45, 2.75) is 25.7 Å². The molecule has 1 aliphatic carbocycles. The number of rotatable bonds is 1. The minimum Gasteiger partial charge on any atom is -0.341 e. The summed E-state index contributed by atoms with van der Waals surface area (Å²) in [5.74, 6) is 0.801. The largest absolute Gasteiger partial charge is 0.341 e. The van der Waals surface area contributed by atoms with E-state index in [0.29, 0.717) is 17.2 Å². The SMILES string of the molecule is CN1CCCN(C(=O)C2CC23CCNCC3)CC1.Cl. The van der Waals surface area contributed by atoms with Crippen LogP contribution in [-0.2, 0) is 4.79 Å². The summed E-state index contributed by atoms with van der Waals surface area (Å²) < 4.78 is 0. The Labute approximate surface area is 122 Å². The van der Waals surface area contributed by atoms with Crippen molar-refractivity contribution in [1.82, 2.24) is 15.1 Å². The molecule has 2 saturated heterocycles. The minimum absolute atomic E-state index is 0. The van der Waals surface area contributed by atoms with Gasteiger partial charge in [0.2, 0.25) is 5.91 Å². The number of carbonyl (C=O) groups excluding carboxylic acids is 1. The smallest absolute Gasteiger partial charge is 0.226 e. The van der Waals surface area contributed by atoms with Gasteiger partial charge in [-0.2, -0.15) is 0 Å². The van der Waals surface area contributed by atoms with Gasteiger partial charge in [0, 0.05) is 25.6 Å². The summed E-state index contributed by atoms with van der Waals surface area (Å²) in [6.45, 7) is 6.27. The number of nitrogens with zero attached hydrogens (tertiary/aromatic N) is 2. The molecule has 1 spiro atoms. The monoisotopic (exact) mass is 287 g/mol. The zero-order valence-corrected chi connectivity index (χ0v) is 12.7. The molecule has 0 bridgehead atoms. The average Bonchev–Trinajstić information content (AvgIpc) is 3.10. The van der Waals surface area contributed by atoms with Crippen molar-refractivity contribution in [1.29, 1.82) is 0 Å². The molecule has 2 aliphatic heterocycles. The van der Waals surface area contributed by atoms with Crippen LogP contribution < -0.4 is 5.32 Å². The van der Waals surface area contributed by atoms with Crippen molar-refractivity contribution < 1.29 is 4.79 Å². The van der Waals surface area contributed by atoms with E-state index in [-0.39, 0.29) is 12.4 Å². The van der Waals surface area contributed by atoms with Gasteiger partial charge in [-0.15, -0.1) is 12.4 Å². The lowest BCUT2D eigenvalue weighted by Gasteiger charge is -2.26. The number of hydrogen-bond donors (Lipinski definition) is 1. The molecule has 3 rings (SSSR count). The fourth-order valence-electron chi connectivity index (χ4n) is 3.66. The Morgan fingerprint density at radius 1 is 1.16 bits per heavy atom. The fraction of sp³-hybridized carbons (Fsp3) is 0.929. The van der Waals surface area contributed by atoms with Crippen LogP contribution in [0.2, 0.25) is 0 Å². The van der Waals surface area contributed by atoms with Gasteiger partial charge < -0.3 is 15.1 Å². The predicted molar refractivity (Wildman–Crippen MR) is 78.6 cm³/mol. The van der Waals surface area contributed by atoms with E-state index in [1.807, 2.05) is 0 Å². The van der Waals surface area contributed by atoms with Gasteiger partial charge in [-0.05, 0) is 57.8 Å². The molecule has 1 atom stereocenters. The molecule has 110 valence electrons. The van der Waals surface area contributed by atoms with E-state index in [1.165, 1.54) is 12.8 Å². The lowest BCUT2D eigenvalue weighted by atomic mass is 9.91. The lowest BCUT2D eigenvalue weighted by molar-refractivity contribution is -0.133. The minimum atomic E-state index is 0. The molecule has 3 aliphatic rings. The number of nitrogens with one attached hydrogen (secondary N) is 1. The van der Waals surface area contributed by atoms with Crippen LogP contribution in [0.4, 0.5) is 0 Å². The van der Waals surface area contributed by atoms with Crippen molar-refractivity contribution in [2.24, 2.45) is 11.3 Å². The lowest BCUT2D eigenvalue weighted by Crippen LogP contribution is -2.38. The Balaban J connectivity index is 0.00000133. The van der Waals surface area contributed by atoms with Gasteiger partial charge >= 0.3 is 0 Å². The van der Waals surface area contributed by atoms with Gasteiger partial charge in [0.1, 0.15) is 0 Å². The maximum Gasteiger partial charge on any atom is 0.226 e. The van der Waals surface area contributed by atoms with Crippen LogP contribution in [0.3, 0.4) is 0 Å². The third-order valence-electron chi connectivity index (χ3n) is 5.12. The molecule has 4 nitrogen and oxygen atoms in total. The van der Waals surface area contributed by atoms with Gasteiger partial charge in [-0.3, -0.25) is 4.79 Å². The first-order valence-corrected chi connectivity index (χ1v) is 7.39. The van der Waals surface area contributed by atoms with Gasteiger partial charge in [0.25, 0.3) is 0 Å². The summed E-state index contributed by atoms with van der Waals surface area (Å²) in [5.41, 5.74) is 0.389. The molecular formula is C14H26ClN3O. The van der Waals surface area contributed by atoms with Crippen molar-refractivity contribution in [3.05, 3.63) is 0 Å². The van der Waals surface area contributed by atoms with Crippen LogP contribution in [0.15, 0.2) is 0 Å². The van der Waals surface area contributed by atoms with Crippen LogP contribution in [0.1, 0.15) is 25.7 Å². The summed E-state index contributed by atoms with van der Waals surface area (Å²) in [7, 11) is 2.15. The Hall–Kier alpha value is -0.320. The van der Waals surface area contributed by atoms with Crippen molar-refractivity contribution >= 4 is 18.3 Å². The molecule has 1 N–H and O–H groups in total. The van der Waals surface area contributed by atoms with Gasteiger partial charge in [-0.25, -0.2) is 0 Å². The Bertz CT molecular complexity index is 325. The second-order valence-electron chi connectivity index (χ2n) is 6.35. The van der Waals surface area contributed by atoms with Gasteiger partial charge in [0.05, 0.1) is 0 Å². The molecule has 5 heteroatoms. The van der Waals surface area contributed by atoms with Crippen molar-refractivity contribution in [3.63, 3.8) is 0 Å². The highest BCUT2D eigenvalue weighted by molar-refractivity contribution is 5.85. The molecule has 0 aromatic rings. The molecule has 0 aromatic heterocycles. The van der Waals surface area contributed by atoms with E-state index < -0.39 is 0 Å². The van der Waals surface area contributed by atoms with E-state index in [0.717, 1.165) is 52.1 Å². The van der Waals surface area contributed by atoms with E-state index in [1.54, 1.807) is 0 Å². The quantitative estimate of drug-likeness (QED) is 0.780. The third kappa shape index (κ3) is 3.06. The van der Waals surface area contributed by atoms with Crippen molar-refractivity contribution in [2.75, 3.05) is 46.3 Å². The predicted octanol–water partition coefficient (Wildman–Crippen LogP) is 0.962. The van der Waals surface area contributed by atoms with Crippen LogP contribution in [0.5, 0.6) is 0 Å². The number of amides is 1. The average molecular weight is 288 g/mol. The van der Waals surface area contributed by atoms with Gasteiger partial charge in [0.15, 0.2) is 0 Å². The first kappa shape index (κ1) is 15.1. The van der Waals surface area contributed by atoms with E-state index in [4.69, 9.17) is 0 Å². The zero-order valence-electron chi connectivity index (χ0n) is 11.9. The first-order valence-electron chi connectivity index (χ1n) is 7.39. The Morgan fingerprint density at radius 2 is 1.89 bits per heavy atom. The highest BCUT2D eigenvalue weighted by Crippen LogP contribution is 2.59. The topological polar surface area (TPSA) is 35.6 Å². The third-order valence-corrected chi connectivity index (χ3v) is 5.12. The second-order valence-corrected chi connectivity index (χ2v) is 6.35. The molecule has 2 heterocycles. The van der Waals surface area contributed by atoms with Crippen LogP contribution in [0.25, 0.3) is 0 Å².